The predicted molar refractivity (Wildman–Crippen MR) is 45.8 cm³/mol. The molecule has 0 bridgehead atoms. The first kappa shape index (κ1) is 9.58. The van der Waals surface area contributed by atoms with Crippen LogP contribution in [0, 0.1) is 0 Å². The van der Waals surface area contributed by atoms with E-state index in [0.29, 0.717) is 5.56 Å². The summed E-state index contributed by atoms with van der Waals surface area (Å²) in [6.07, 6.45) is -1.21. The molecular formula is C9H11F3N2. The van der Waals surface area contributed by atoms with Crippen molar-refractivity contribution in [3.8, 4) is 0 Å². The lowest BCUT2D eigenvalue weighted by Gasteiger charge is -2.13. The molecule has 1 atom stereocenters. The van der Waals surface area contributed by atoms with Crippen LogP contribution in [0.3, 0.4) is 0 Å². The first-order chi connectivity index (χ1) is 6.59. The van der Waals surface area contributed by atoms with Gasteiger partial charge >= 0.3 is 6.18 Å². The molecule has 1 fully saturated rings. The van der Waals surface area contributed by atoms with Crippen LogP contribution in [0.1, 0.15) is 30.1 Å². The van der Waals surface area contributed by atoms with Gasteiger partial charge in [0, 0.05) is 12.2 Å². The molecule has 2 nitrogen and oxygen atoms in total. The monoisotopic (exact) mass is 204 g/mol. The third kappa shape index (κ3) is 1.64. The number of alkyl halides is 3. The van der Waals surface area contributed by atoms with Crippen molar-refractivity contribution in [1.82, 2.24) is 10.3 Å². The lowest BCUT2D eigenvalue weighted by atomic mass is 10.1. The first-order valence-corrected chi connectivity index (χ1v) is 4.57. The van der Waals surface area contributed by atoms with Gasteiger partial charge in [0.25, 0.3) is 0 Å². The summed E-state index contributed by atoms with van der Waals surface area (Å²) in [5.41, 5.74) is -0.271. The molecule has 14 heavy (non-hydrogen) atoms. The van der Waals surface area contributed by atoms with Gasteiger partial charge in [0.15, 0.2) is 0 Å². The lowest BCUT2D eigenvalue weighted by molar-refractivity contribution is -0.141. The summed E-state index contributed by atoms with van der Waals surface area (Å²) in [4.78, 5) is 2.26. The van der Waals surface area contributed by atoms with Gasteiger partial charge in [-0.05, 0) is 31.0 Å². The summed E-state index contributed by atoms with van der Waals surface area (Å²) < 4.78 is 37.4. The molecule has 5 heteroatoms. The normalized spacial score (nSPS) is 22.9. The van der Waals surface area contributed by atoms with Gasteiger partial charge < -0.3 is 10.3 Å². The molecule has 2 heterocycles. The van der Waals surface area contributed by atoms with E-state index in [1.54, 1.807) is 0 Å². The van der Waals surface area contributed by atoms with Crippen LogP contribution in [-0.2, 0) is 6.18 Å². The summed E-state index contributed by atoms with van der Waals surface area (Å²) in [6, 6.07) is 1.36. The van der Waals surface area contributed by atoms with E-state index in [9.17, 15) is 13.2 Å². The minimum Gasteiger partial charge on any atom is -0.357 e. The zero-order chi connectivity index (χ0) is 10.2. The number of hydrogen-bond donors (Lipinski definition) is 2. The van der Waals surface area contributed by atoms with Gasteiger partial charge in [-0.2, -0.15) is 13.2 Å². The van der Waals surface area contributed by atoms with Crippen LogP contribution in [0.5, 0.6) is 0 Å². The van der Waals surface area contributed by atoms with E-state index in [-0.39, 0.29) is 6.04 Å². The molecule has 1 aliphatic heterocycles. The lowest BCUT2D eigenvalue weighted by Crippen LogP contribution is -2.17. The maximum atomic E-state index is 12.5. The van der Waals surface area contributed by atoms with Gasteiger partial charge in [-0.25, -0.2) is 0 Å². The number of H-pyrrole nitrogens is 1. The second-order valence-corrected chi connectivity index (χ2v) is 3.45. The number of aromatic nitrogens is 1. The molecular weight excluding hydrogens is 193 g/mol. The highest BCUT2D eigenvalue weighted by Gasteiger charge is 2.37. The van der Waals surface area contributed by atoms with E-state index >= 15 is 0 Å². The van der Waals surface area contributed by atoms with Crippen molar-refractivity contribution < 1.29 is 13.2 Å². The average Bonchev–Trinajstić information content (AvgIpc) is 2.73. The third-order valence-electron chi connectivity index (χ3n) is 2.50. The highest BCUT2D eigenvalue weighted by molar-refractivity contribution is 5.27. The van der Waals surface area contributed by atoms with Crippen molar-refractivity contribution in [3.05, 3.63) is 23.5 Å². The number of hydrogen-bond acceptors (Lipinski definition) is 1. The van der Waals surface area contributed by atoms with Crippen molar-refractivity contribution >= 4 is 0 Å². The zero-order valence-corrected chi connectivity index (χ0v) is 7.49. The quantitative estimate of drug-likeness (QED) is 0.722. The number of rotatable bonds is 1. The number of aromatic amines is 1. The van der Waals surface area contributed by atoms with Gasteiger partial charge in [-0.15, -0.1) is 0 Å². The molecule has 0 spiro atoms. The Morgan fingerprint density at radius 2 is 2.14 bits per heavy atom. The molecule has 2 N–H and O–H groups in total. The number of nitrogens with one attached hydrogen (secondary N) is 2. The Balaban J connectivity index is 2.29. The molecule has 0 unspecified atom stereocenters. The maximum Gasteiger partial charge on any atom is 0.431 e. The SMILES string of the molecule is FC(F)(F)c1[nH]ccc1[C@@H]1CCCN1. The second-order valence-electron chi connectivity index (χ2n) is 3.45. The molecule has 2 rings (SSSR count). The van der Waals surface area contributed by atoms with E-state index in [0.717, 1.165) is 19.4 Å². The molecule has 0 amide bonds. The minimum atomic E-state index is -4.27. The molecule has 1 aliphatic rings. The van der Waals surface area contributed by atoms with Crippen molar-refractivity contribution in [1.29, 1.82) is 0 Å². The fourth-order valence-electron chi connectivity index (χ4n) is 1.87. The smallest absolute Gasteiger partial charge is 0.357 e. The summed E-state index contributed by atoms with van der Waals surface area (Å²) in [6.45, 7) is 0.799. The Hall–Kier alpha value is -0.970. The molecule has 1 saturated heterocycles. The van der Waals surface area contributed by atoms with Crippen LogP contribution in [0.25, 0.3) is 0 Å². The van der Waals surface area contributed by atoms with Crippen LogP contribution >= 0.6 is 0 Å². The molecule has 1 aromatic rings. The summed E-state index contributed by atoms with van der Waals surface area (Å²) in [5, 5.41) is 3.05. The summed E-state index contributed by atoms with van der Waals surface area (Å²) in [7, 11) is 0. The van der Waals surface area contributed by atoms with E-state index in [1.165, 1.54) is 12.3 Å². The summed E-state index contributed by atoms with van der Waals surface area (Å²) >= 11 is 0. The Morgan fingerprint density at radius 1 is 1.36 bits per heavy atom. The molecule has 0 aromatic carbocycles. The van der Waals surface area contributed by atoms with Gasteiger partial charge in [-0.1, -0.05) is 0 Å². The Labute approximate surface area is 79.5 Å². The average molecular weight is 204 g/mol. The van der Waals surface area contributed by atoms with Crippen LogP contribution in [0.4, 0.5) is 13.2 Å². The van der Waals surface area contributed by atoms with Crippen molar-refractivity contribution in [2.24, 2.45) is 0 Å². The standard InChI is InChI=1S/C9H11F3N2/c10-9(11,12)8-6(3-5-14-8)7-2-1-4-13-7/h3,5,7,13-14H,1-2,4H2/t7-/m0/s1. The first-order valence-electron chi connectivity index (χ1n) is 4.57. The molecule has 0 saturated carbocycles. The van der Waals surface area contributed by atoms with E-state index in [1.807, 2.05) is 0 Å². The summed E-state index contributed by atoms with van der Waals surface area (Å²) in [5.74, 6) is 0. The van der Waals surface area contributed by atoms with Crippen LogP contribution in [0.15, 0.2) is 12.3 Å². The molecule has 0 radical (unpaired) electrons. The van der Waals surface area contributed by atoms with Gasteiger partial charge in [-0.3, -0.25) is 0 Å². The minimum absolute atomic E-state index is 0.141. The highest BCUT2D eigenvalue weighted by Crippen LogP contribution is 2.35. The largest absolute Gasteiger partial charge is 0.431 e. The zero-order valence-electron chi connectivity index (χ0n) is 7.49. The maximum absolute atomic E-state index is 12.5. The Bertz CT molecular complexity index is 310. The van der Waals surface area contributed by atoms with Gasteiger partial charge in [0.1, 0.15) is 5.69 Å². The predicted octanol–water partition coefficient (Wildman–Crippen LogP) is 2.46. The fraction of sp³-hybridized carbons (Fsp3) is 0.556. The van der Waals surface area contributed by atoms with Crippen LogP contribution in [0.2, 0.25) is 0 Å². The highest BCUT2D eigenvalue weighted by atomic mass is 19.4. The van der Waals surface area contributed by atoms with Crippen molar-refractivity contribution in [2.75, 3.05) is 6.54 Å². The van der Waals surface area contributed by atoms with Gasteiger partial charge in [0.05, 0.1) is 0 Å². The molecule has 1 aromatic heterocycles. The Morgan fingerprint density at radius 3 is 2.71 bits per heavy atom. The van der Waals surface area contributed by atoms with E-state index < -0.39 is 11.9 Å². The number of halogens is 3. The molecule has 0 aliphatic carbocycles. The van der Waals surface area contributed by atoms with Crippen LogP contribution in [-0.4, -0.2) is 11.5 Å². The molecule has 78 valence electrons. The van der Waals surface area contributed by atoms with Crippen LogP contribution < -0.4 is 5.32 Å². The van der Waals surface area contributed by atoms with Gasteiger partial charge in [0.2, 0.25) is 0 Å². The topological polar surface area (TPSA) is 27.8 Å². The third-order valence-corrected chi connectivity index (χ3v) is 2.50. The van der Waals surface area contributed by atoms with Crippen molar-refractivity contribution in [3.63, 3.8) is 0 Å². The van der Waals surface area contributed by atoms with E-state index in [4.69, 9.17) is 0 Å². The fourth-order valence-corrected chi connectivity index (χ4v) is 1.87. The Kier molecular flexibility index (Phi) is 2.26. The second kappa shape index (κ2) is 3.31. The van der Waals surface area contributed by atoms with E-state index in [2.05, 4.69) is 10.3 Å². The van der Waals surface area contributed by atoms with Crippen molar-refractivity contribution in [2.45, 2.75) is 25.1 Å².